The third-order valence-electron chi connectivity index (χ3n) is 4.96. The van der Waals surface area contributed by atoms with E-state index in [2.05, 4.69) is 11.1 Å². The topological polar surface area (TPSA) is 112 Å². The van der Waals surface area contributed by atoms with E-state index in [4.69, 9.17) is 19.9 Å². The van der Waals surface area contributed by atoms with Crippen molar-refractivity contribution in [3.8, 4) is 11.8 Å². The fourth-order valence-electron chi connectivity index (χ4n) is 3.51. The van der Waals surface area contributed by atoms with Gasteiger partial charge in [0.15, 0.2) is 0 Å². The van der Waals surface area contributed by atoms with Gasteiger partial charge in [0.25, 0.3) is 0 Å². The van der Waals surface area contributed by atoms with Gasteiger partial charge in [0.05, 0.1) is 31.0 Å². The molecule has 0 saturated heterocycles. The lowest BCUT2D eigenvalue weighted by molar-refractivity contribution is -0.139. The number of nitrogens with two attached hydrogens (primary N) is 1. The molecule has 1 atom stereocenters. The van der Waals surface area contributed by atoms with E-state index >= 15 is 0 Å². The number of unbranched alkanes of at least 4 members (excludes halogenated alkanes) is 1. The minimum absolute atomic E-state index is 0.0202. The van der Waals surface area contributed by atoms with E-state index in [9.17, 15) is 10.1 Å². The summed E-state index contributed by atoms with van der Waals surface area (Å²) in [5.74, 6) is -0.379. The van der Waals surface area contributed by atoms with Gasteiger partial charge in [-0.2, -0.15) is 5.26 Å². The zero-order valence-electron chi connectivity index (χ0n) is 17.7. The second kappa shape index (κ2) is 10.3. The van der Waals surface area contributed by atoms with Gasteiger partial charge in [-0.1, -0.05) is 18.2 Å². The van der Waals surface area contributed by atoms with Crippen molar-refractivity contribution in [1.29, 1.82) is 5.26 Å². The first kappa shape index (κ1) is 22.0. The van der Waals surface area contributed by atoms with E-state index in [1.54, 1.807) is 26.4 Å². The van der Waals surface area contributed by atoms with E-state index in [1.165, 1.54) is 0 Å². The van der Waals surface area contributed by atoms with Crippen molar-refractivity contribution in [1.82, 2.24) is 9.55 Å². The zero-order chi connectivity index (χ0) is 22.2. The number of carbonyl (C=O) groups excluding carboxylic acids is 1. The molecule has 162 valence electrons. The monoisotopic (exact) mass is 422 g/mol. The molecule has 0 aliphatic carbocycles. The molecule has 1 unspecified atom stereocenters. The van der Waals surface area contributed by atoms with Crippen molar-refractivity contribution in [2.75, 3.05) is 13.2 Å². The van der Waals surface area contributed by atoms with Gasteiger partial charge in [0, 0.05) is 24.5 Å². The standard InChI is InChI=1S/C23H26N4O4/c1-3-29-23(28)20-16(2)31-22(25)18(14-24)21(20)17-8-4-5-9-19(17)30-13-7-6-11-27-12-10-26-15-27/h4-5,8-10,12,15,21H,3,6-7,11,13,25H2,1-2H3. The fourth-order valence-corrected chi connectivity index (χ4v) is 3.51. The molecule has 0 fully saturated rings. The van der Waals surface area contributed by atoms with Gasteiger partial charge in [-0.3, -0.25) is 0 Å². The molecule has 0 amide bonds. The highest BCUT2D eigenvalue weighted by Gasteiger charge is 2.37. The van der Waals surface area contributed by atoms with Gasteiger partial charge in [-0.25, -0.2) is 9.78 Å². The number of hydrogen-bond donors (Lipinski definition) is 1. The molecule has 2 aromatic rings. The second-order valence-electron chi connectivity index (χ2n) is 7.01. The Hall–Kier alpha value is -3.73. The predicted octanol–water partition coefficient (Wildman–Crippen LogP) is 3.39. The van der Waals surface area contributed by atoms with Gasteiger partial charge >= 0.3 is 5.97 Å². The Morgan fingerprint density at radius 1 is 1.35 bits per heavy atom. The summed E-state index contributed by atoms with van der Waals surface area (Å²) in [6.45, 7) is 4.92. The number of benzene rings is 1. The van der Waals surface area contributed by atoms with Crippen LogP contribution in [0.1, 0.15) is 38.2 Å². The van der Waals surface area contributed by atoms with E-state index in [-0.39, 0.29) is 23.6 Å². The third kappa shape index (κ3) is 5.07. The van der Waals surface area contributed by atoms with E-state index in [0.717, 1.165) is 19.4 Å². The molecule has 1 aromatic heterocycles. The first-order valence-electron chi connectivity index (χ1n) is 10.2. The molecule has 1 aromatic carbocycles. The number of esters is 1. The molecule has 31 heavy (non-hydrogen) atoms. The molecule has 0 spiro atoms. The Kier molecular flexibility index (Phi) is 7.33. The number of nitrogens with zero attached hydrogens (tertiary/aromatic N) is 3. The summed E-state index contributed by atoms with van der Waals surface area (Å²) in [6, 6.07) is 9.43. The molecule has 8 nitrogen and oxygen atoms in total. The molecule has 2 N–H and O–H groups in total. The van der Waals surface area contributed by atoms with Crippen LogP contribution in [-0.2, 0) is 20.8 Å². The Balaban J connectivity index is 1.82. The third-order valence-corrected chi connectivity index (χ3v) is 4.96. The minimum atomic E-state index is -0.722. The number of rotatable bonds is 9. The normalized spacial score (nSPS) is 16.0. The van der Waals surface area contributed by atoms with Crippen LogP contribution >= 0.6 is 0 Å². The van der Waals surface area contributed by atoms with Crippen LogP contribution in [0.25, 0.3) is 0 Å². The smallest absolute Gasteiger partial charge is 0.338 e. The lowest BCUT2D eigenvalue weighted by Crippen LogP contribution is -2.26. The Morgan fingerprint density at radius 2 is 2.16 bits per heavy atom. The van der Waals surface area contributed by atoms with Crippen LogP contribution in [0.2, 0.25) is 0 Å². The van der Waals surface area contributed by atoms with Crippen LogP contribution in [-0.4, -0.2) is 28.7 Å². The number of carbonyl (C=O) groups is 1. The van der Waals surface area contributed by atoms with Gasteiger partial charge in [-0.15, -0.1) is 0 Å². The summed E-state index contributed by atoms with van der Waals surface area (Å²) in [5.41, 5.74) is 7.06. The summed E-state index contributed by atoms with van der Waals surface area (Å²) in [7, 11) is 0. The number of aryl methyl sites for hydroxylation is 1. The highest BCUT2D eigenvalue weighted by atomic mass is 16.5. The highest BCUT2D eigenvalue weighted by molar-refractivity contribution is 5.92. The predicted molar refractivity (Wildman–Crippen MR) is 113 cm³/mol. The van der Waals surface area contributed by atoms with Crippen LogP contribution in [0.15, 0.2) is 65.8 Å². The molecule has 0 radical (unpaired) electrons. The second-order valence-corrected chi connectivity index (χ2v) is 7.01. The van der Waals surface area contributed by atoms with Crippen LogP contribution < -0.4 is 10.5 Å². The summed E-state index contributed by atoms with van der Waals surface area (Å²) in [5, 5.41) is 9.75. The van der Waals surface area contributed by atoms with Gasteiger partial charge in [-0.05, 0) is 32.8 Å². The van der Waals surface area contributed by atoms with E-state index in [0.29, 0.717) is 23.7 Å². The largest absolute Gasteiger partial charge is 0.493 e. The van der Waals surface area contributed by atoms with Crippen molar-refractivity contribution in [2.24, 2.45) is 5.73 Å². The van der Waals surface area contributed by atoms with Crippen LogP contribution in [0.3, 0.4) is 0 Å². The van der Waals surface area contributed by atoms with Crippen molar-refractivity contribution in [3.63, 3.8) is 0 Å². The Morgan fingerprint density at radius 3 is 2.87 bits per heavy atom. The highest BCUT2D eigenvalue weighted by Crippen LogP contribution is 2.42. The van der Waals surface area contributed by atoms with Crippen LogP contribution in [0.5, 0.6) is 5.75 Å². The Labute approximate surface area is 181 Å². The van der Waals surface area contributed by atoms with Crippen LogP contribution in [0.4, 0.5) is 0 Å². The average molecular weight is 422 g/mol. The number of imidazole rings is 1. The van der Waals surface area contributed by atoms with Crippen molar-refractivity contribution >= 4 is 5.97 Å². The summed E-state index contributed by atoms with van der Waals surface area (Å²) >= 11 is 0. The average Bonchev–Trinajstić information content (AvgIpc) is 3.27. The summed E-state index contributed by atoms with van der Waals surface area (Å²) in [6.07, 6.45) is 7.23. The molecular formula is C23H26N4O4. The number of nitriles is 1. The molecule has 0 bridgehead atoms. The van der Waals surface area contributed by atoms with E-state index < -0.39 is 11.9 Å². The molecule has 8 heteroatoms. The first-order valence-corrected chi connectivity index (χ1v) is 10.2. The van der Waals surface area contributed by atoms with Crippen molar-refractivity contribution in [2.45, 2.75) is 39.2 Å². The van der Waals surface area contributed by atoms with E-state index in [1.807, 2.05) is 35.0 Å². The minimum Gasteiger partial charge on any atom is -0.493 e. The summed E-state index contributed by atoms with van der Waals surface area (Å²) < 4.78 is 18.8. The molecule has 1 aliphatic heterocycles. The number of hydrogen-bond acceptors (Lipinski definition) is 7. The molecule has 3 rings (SSSR count). The number of allylic oxidation sites excluding steroid dienone is 2. The SMILES string of the molecule is CCOC(=O)C1=C(C)OC(N)=C(C#N)C1c1ccccc1OCCCCn1ccnc1. The Bertz CT molecular complexity index is 1020. The van der Waals surface area contributed by atoms with Gasteiger partial charge in [0.1, 0.15) is 23.2 Å². The number of ether oxygens (including phenoxy) is 3. The van der Waals surface area contributed by atoms with Crippen molar-refractivity contribution < 1.29 is 19.0 Å². The molecule has 1 aliphatic rings. The first-order chi connectivity index (χ1) is 15.1. The van der Waals surface area contributed by atoms with Gasteiger partial charge < -0.3 is 24.5 Å². The van der Waals surface area contributed by atoms with Crippen LogP contribution in [0, 0.1) is 11.3 Å². The molecule has 0 saturated carbocycles. The maximum atomic E-state index is 12.7. The quantitative estimate of drug-likeness (QED) is 0.487. The number of para-hydroxylation sites is 1. The summed E-state index contributed by atoms with van der Waals surface area (Å²) in [4.78, 5) is 16.7. The van der Waals surface area contributed by atoms with Crippen molar-refractivity contribution in [3.05, 3.63) is 71.3 Å². The van der Waals surface area contributed by atoms with Gasteiger partial charge in [0.2, 0.25) is 5.88 Å². The number of aromatic nitrogens is 2. The molecular weight excluding hydrogens is 396 g/mol. The maximum absolute atomic E-state index is 12.7. The maximum Gasteiger partial charge on any atom is 0.338 e. The fraction of sp³-hybridized carbons (Fsp3) is 0.348. The zero-order valence-corrected chi connectivity index (χ0v) is 17.7. The molecule has 2 heterocycles. The lowest BCUT2D eigenvalue weighted by Gasteiger charge is -2.28. The lowest BCUT2D eigenvalue weighted by atomic mass is 9.82.